The molecule has 0 bridgehead atoms. The van der Waals surface area contributed by atoms with Gasteiger partial charge in [-0.25, -0.2) is 4.79 Å². The van der Waals surface area contributed by atoms with Gasteiger partial charge in [-0.05, 0) is 18.6 Å². The standard InChI is InChI=1S/C13H19NO3S/c1-8(15)9(2)18-7-10-5-4-6-11(14)12(10)13(16)17-3/h4-6,8-9,15H,7,14H2,1-3H3. The lowest BCUT2D eigenvalue weighted by molar-refractivity contribution is 0.0601. The van der Waals surface area contributed by atoms with Gasteiger partial charge in [-0.15, -0.1) is 0 Å². The molecule has 1 rings (SSSR count). The van der Waals surface area contributed by atoms with Crippen LogP contribution in [-0.4, -0.2) is 29.5 Å². The average molecular weight is 269 g/mol. The van der Waals surface area contributed by atoms with Crippen molar-refractivity contribution in [2.45, 2.75) is 31.0 Å². The number of carbonyl (C=O) groups is 1. The fourth-order valence-corrected chi connectivity index (χ4v) is 2.41. The number of carbonyl (C=O) groups excluding carboxylic acids is 1. The van der Waals surface area contributed by atoms with Crippen molar-refractivity contribution in [2.24, 2.45) is 0 Å². The van der Waals surface area contributed by atoms with E-state index in [-0.39, 0.29) is 5.25 Å². The summed E-state index contributed by atoms with van der Waals surface area (Å²) in [6.07, 6.45) is -0.391. The number of hydrogen-bond acceptors (Lipinski definition) is 5. The molecule has 100 valence electrons. The van der Waals surface area contributed by atoms with E-state index in [0.29, 0.717) is 17.0 Å². The maximum Gasteiger partial charge on any atom is 0.340 e. The van der Waals surface area contributed by atoms with Crippen LogP contribution in [-0.2, 0) is 10.5 Å². The highest BCUT2D eigenvalue weighted by Gasteiger charge is 2.17. The smallest absolute Gasteiger partial charge is 0.340 e. The third kappa shape index (κ3) is 3.65. The van der Waals surface area contributed by atoms with E-state index in [2.05, 4.69) is 0 Å². The number of hydrogen-bond donors (Lipinski definition) is 2. The Labute approximate surface area is 112 Å². The van der Waals surface area contributed by atoms with Crippen LogP contribution in [0.1, 0.15) is 29.8 Å². The highest BCUT2D eigenvalue weighted by atomic mass is 32.2. The zero-order valence-electron chi connectivity index (χ0n) is 10.8. The van der Waals surface area contributed by atoms with Crippen LogP contribution in [0.4, 0.5) is 5.69 Å². The monoisotopic (exact) mass is 269 g/mol. The SMILES string of the molecule is COC(=O)c1c(N)cccc1CSC(C)C(C)O. The molecular formula is C13H19NO3S. The summed E-state index contributed by atoms with van der Waals surface area (Å²) in [4.78, 5) is 11.7. The van der Waals surface area contributed by atoms with Crippen molar-refractivity contribution in [2.75, 3.05) is 12.8 Å². The molecule has 0 saturated heterocycles. The molecule has 0 spiro atoms. The Morgan fingerprint density at radius 2 is 2.17 bits per heavy atom. The van der Waals surface area contributed by atoms with Crippen LogP contribution in [0.5, 0.6) is 0 Å². The molecule has 0 saturated carbocycles. The molecule has 5 heteroatoms. The summed E-state index contributed by atoms with van der Waals surface area (Å²) in [5.74, 6) is 0.190. The number of aliphatic hydroxyl groups is 1. The molecule has 0 aromatic heterocycles. The number of nitrogens with two attached hydrogens (primary N) is 1. The summed E-state index contributed by atoms with van der Waals surface area (Å²) in [6.45, 7) is 3.69. The molecule has 2 unspecified atom stereocenters. The van der Waals surface area contributed by atoms with E-state index in [0.717, 1.165) is 5.56 Å². The van der Waals surface area contributed by atoms with E-state index in [1.54, 1.807) is 24.8 Å². The number of nitrogen functional groups attached to an aromatic ring is 1. The van der Waals surface area contributed by atoms with Crippen LogP contribution < -0.4 is 5.73 Å². The lowest BCUT2D eigenvalue weighted by atomic mass is 10.1. The predicted octanol–water partition coefficient (Wildman–Crippen LogP) is 2.06. The van der Waals surface area contributed by atoms with Crippen LogP contribution in [0.25, 0.3) is 0 Å². The molecule has 0 aliphatic carbocycles. The van der Waals surface area contributed by atoms with Gasteiger partial charge in [0, 0.05) is 16.7 Å². The molecule has 0 amide bonds. The van der Waals surface area contributed by atoms with Gasteiger partial charge in [0.05, 0.1) is 18.8 Å². The minimum atomic E-state index is -0.423. The van der Waals surface area contributed by atoms with Crippen molar-refractivity contribution >= 4 is 23.4 Å². The molecule has 3 N–H and O–H groups in total. The first-order valence-electron chi connectivity index (χ1n) is 5.72. The van der Waals surface area contributed by atoms with Crippen LogP contribution in [0.2, 0.25) is 0 Å². The highest BCUT2D eigenvalue weighted by Crippen LogP contribution is 2.25. The molecule has 0 aliphatic heterocycles. The Morgan fingerprint density at radius 3 is 2.72 bits per heavy atom. The van der Waals surface area contributed by atoms with E-state index < -0.39 is 12.1 Å². The molecular weight excluding hydrogens is 250 g/mol. The fourth-order valence-electron chi connectivity index (χ4n) is 1.45. The zero-order valence-corrected chi connectivity index (χ0v) is 11.7. The van der Waals surface area contributed by atoms with Gasteiger partial charge in [-0.1, -0.05) is 19.1 Å². The first-order chi connectivity index (χ1) is 8.47. The minimum absolute atomic E-state index is 0.0944. The van der Waals surface area contributed by atoms with Gasteiger partial charge >= 0.3 is 5.97 Å². The Morgan fingerprint density at radius 1 is 1.50 bits per heavy atom. The molecule has 0 fully saturated rings. The third-order valence-electron chi connectivity index (χ3n) is 2.75. The number of anilines is 1. The quantitative estimate of drug-likeness (QED) is 0.632. The topological polar surface area (TPSA) is 72.5 Å². The minimum Gasteiger partial charge on any atom is -0.465 e. The summed E-state index contributed by atoms with van der Waals surface area (Å²) in [7, 11) is 1.34. The molecule has 4 nitrogen and oxygen atoms in total. The lowest BCUT2D eigenvalue weighted by Gasteiger charge is -2.15. The predicted molar refractivity (Wildman–Crippen MR) is 74.6 cm³/mol. The lowest BCUT2D eigenvalue weighted by Crippen LogP contribution is -2.16. The van der Waals surface area contributed by atoms with Crippen molar-refractivity contribution < 1.29 is 14.6 Å². The number of benzene rings is 1. The molecule has 1 aromatic rings. The second-order valence-corrected chi connectivity index (χ2v) is 5.50. The van der Waals surface area contributed by atoms with E-state index in [9.17, 15) is 9.90 Å². The van der Waals surface area contributed by atoms with Crippen LogP contribution in [0.3, 0.4) is 0 Å². The molecule has 1 aromatic carbocycles. The number of methoxy groups -OCH3 is 1. The van der Waals surface area contributed by atoms with Crippen LogP contribution in [0, 0.1) is 0 Å². The summed E-state index contributed by atoms with van der Waals surface area (Å²) in [6, 6.07) is 5.34. The van der Waals surface area contributed by atoms with Gasteiger partial charge < -0.3 is 15.6 Å². The largest absolute Gasteiger partial charge is 0.465 e. The Bertz CT molecular complexity index is 421. The van der Waals surface area contributed by atoms with Gasteiger partial charge in [0.2, 0.25) is 0 Å². The van der Waals surface area contributed by atoms with Crippen molar-refractivity contribution in [1.82, 2.24) is 0 Å². The highest BCUT2D eigenvalue weighted by molar-refractivity contribution is 7.99. The second kappa shape index (κ2) is 6.66. The number of rotatable bonds is 5. The van der Waals surface area contributed by atoms with Gasteiger partial charge in [0.1, 0.15) is 0 Å². The van der Waals surface area contributed by atoms with Gasteiger partial charge in [-0.3, -0.25) is 0 Å². The summed E-state index contributed by atoms with van der Waals surface area (Å²) >= 11 is 1.58. The first-order valence-corrected chi connectivity index (χ1v) is 6.77. The van der Waals surface area contributed by atoms with Crippen LogP contribution >= 0.6 is 11.8 Å². The number of ether oxygens (including phenoxy) is 1. The Hall–Kier alpha value is -1.20. The second-order valence-electron chi connectivity index (χ2n) is 4.13. The molecule has 0 radical (unpaired) electrons. The Kier molecular flexibility index (Phi) is 5.50. The zero-order chi connectivity index (χ0) is 13.7. The number of aliphatic hydroxyl groups excluding tert-OH is 1. The van der Waals surface area contributed by atoms with Crippen molar-refractivity contribution in [3.8, 4) is 0 Å². The molecule has 0 heterocycles. The van der Waals surface area contributed by atoms with E-state index >= 15 is 0 Å². The average Bonchev–Trinajstić information content (AvgIpc) is 2.34. The van der Waals surface area contributed by atoms with E-state index in [1.165, 1.54) is 7.11 Å². The van der Waals surface area contributed by atoms with Crippen molar-refractivity contribution in [1.29, 1.82) is 0 Å². The molecule has 18 heavy (non-hydrogen) atoms. The Balaban J connectivity index is 2.88. The summed E-state index contributed by atoms with van der Waals surface area (Å²) in [5.41, 5.74) is 7.48. The fraction of sp³-hybridized carbons (Fsp3) is 0.462. The summed E-state index contributed by atoms with van der Waals surface area (Å²) < 4.78 is 4.73. The van der Waals surface area contributed by atoms with Crippen LogP contribution in [0.15, 0.2) is 18.2 Å². The summed E-state index contributed by atoms with van der Waals surface area (Å²) in [5, 5.41) is 9.54. The number of thioether (sulfide) groups is 1. The van der Waals surface area contributed by atoms with Gasteiger partial charge in [0.15, 0.2) is 0 Å². The van der Waals surface area contributed by atoms with Crippen molar-refractivity contribution in [3.63, 3.8) is 0 Å². The third-order valence-corrected chi connectivity index (χ3v) is 4.15. The van der Waals surface area contributed by atoms with E-state index in [4.69, 9.17) is 10.5 Å². The van der Waals surface area contributed by atoms with Crippen molar-refractivity contribution in [3.05, 3.63) is 29.3 Å². The first kappa shape index (κ1) is 14.9. The number of esters is 1. The van der Waals surface area contributed by atoms with E-state index in [1.807, 2.05) is 19.1 Å². The van der Waals surface area contributed by atoms with Gasteiger partial charge in [0.25, 0.3) is 0 Å². The molecule has 0 aliphatic rings. The molecule has 2 atom stereocenters. The maximum atomic E-state index is 11.7. The normalized spacial score (nSPS) is 14.0. The maximum absolute atomic E-state index is 11.7. The van der Waals surface area contributed by atoms with Gasteiger partial charge in [-0.2, -0.15) is 11.8 Å².